The van der Waals surface area contributed by atoms with E-state index in [1.165, 1.54) is 0 Å². The molecule has 106 valence electrons. The van der Waals surface area contributed by atoms with E-state index in [2.05, 4.69) is 21.3 Å². The maximum atomic E-state index is 11.2. The monoisotopic (exact) mass is 262 g/mol. The minimum Gasteiger partial charge on any atom is -0.465 e. The van der Waals surface area contributed by atoms with Gasteiger partial charge in [-0.1, -0.05) is 0 Å². The SMILES string of the molecule is CNCCNC(=O)NCCCOCCNC(=O)O. The molecule has 0 aliphatic rings. The normalized spacial score (nSPS) is 9.83. The van der Waals surface area contributed by atoms with Gasteiger partial charge >= 0.3 is 12.1 Å². The molecule has 0 spiro atoms. The van der Waals surface area contributed by atoms with Crippen LogP contribution < -0.4 is 21.3 Å². The number of nitrogens with one attached hydrogen (secondary N) is 4. The largest absolute Gasteiger partial charge is 0.465 e. The Morgan fingerprint density at radius 1 is 1.00 bits per heavy atom. The summed E-state index contributed by atoms with van der Waals surface area (Å²) in [6.07, 6.45) is -0.370. The fraction of sp³-hybridized carbons (Fsp3) is 0.800. The van der Waals surface area contributed by atoms with Crippen molar-refractivity contribution in [2.24, 2.45) is 0 Å². The molecule has 0 radical (unpaired) electrons. The van der Waals surface area contributed by atoms with Crippen molar-refractivity contribution in [3.63, 3.8) is 0 Å². The highest BCUT2D eigenvalue weighted by Crippen LogP contribution is 1.80. The van der Waals surface area contributed by atoms with Crippen molar-refractivity contribution in [1.82, 2.24) is 21.3 Å². The van der Waals surface area contributed by atoms with E-state index in [9.17, 15) is 9.59 Å². The van der Waals surface area contributed by atoms with Gasteiger partial charge in [-0.25, -0.2) is 9.59 Å². The summed E-state index contributed by atoms with van der Waals surface area (Å²) >= 11 is 0. The van der Waals surface area contributed by atoms with E-state index < -0.39 is 6.09 Å². The molecule has 3 amide bonds. The van der Waals surface area contributed by atoms with Gasteiger partial charge in [-0.05, 0) is 13.5 Å². The number of carboxylic acid groups (broad SMARTS) is 1. The maximum Gasteiger partial charge on any atom is 0.404 e. The number of hydrogen-bond acceptors (Lipinski definition) is 4. The summed E-state index contributed by atoms with van der Waals surface area (Å²) in [7, 11) is 1.82. The number of rotatable bonds is 10. The lowest BCUT2D eigenvalue weighted by Gasteiger charge is -2.07. The lowest BCUT2D eigenvalue weighted by molar-refractivity contribution is 0.130. The Morgan fingerprint density at radius 2 is 1.72 bits per heavy atom. The quantitative estimate of drug-likeness (QED) is 0.330. The Bertz CT molecular complexity index is 238. The predicted molar refractivity (Wildman–Crippen MR) is 66.8 cm³/mol. The summed E-state index contributed by atoms with van der Waals surface area (Å²) < 4.78 is 5.16. The van der Waals surface area contributed by atoms with Crippen LogP contribution in [0.25, 0.3) is 0 Å². The first-order valence-electron chi connectivity index (χ1n) is 5.87. The first-order chi connectivity index (χ1) is 8.66. The van der Waals surface area contributed by atoms with Gasteiger partial charge in [0, 0.05) is 32.8 Å². The molecule has 0 saturated heterocycles. The maximum absolute atomic E-state index is 11.2. The number of likely N-dealkylation sites (N-methyl/N-ethyl adjacent to an activating group) is 1. The van der Waals surface area contributed by atoms with Crippen LogP contribution in [0.1, 0.15) is 6.42 Å². The second-order valence-electron chi connectivity index (χ2n) is 3.48. The van der Waals surface area contributed by atoms with Gasteiger partial charge in [-0.15, -0.1) is 0 Å². The summed E-state index contributed by atoms with van der Waals surface area (Å²) in [5.74, 6) is 0. The molecule has 0 aromatic carbocycles. The van der Waals surface area contributed by atoms with Gasteiger partial charge in [0.1, 0.15) is 0 Å². The molecule has 0 aromatic heterocycles. The van der Waals surface area contributed by atoms with Gasteiger partial charge in [0.2, 0.25) is 0 Å². The van der Waals surface area contributed by atoms with Crippen LogP contribution in [0.5, 0.6) is 0 Å². The van der Waals surface area contributed by atoms with Crippen LogP contribution in [0, 0.1) is 0 Å². The van der Waals surface area contributed by atoms with Crippen LogP contribution >= 0.6 is 0 Å². The van der Waals surface area contributed by atoms with Crippen molar-refractivity contribution in [1.29, 1.82) is 0 Å². The zero-order chi connectivity index (χ0) is 13.6. The molecule has 0 bridgehead atoms. The average Bonchev–Trinajstić information content (AvgIpc) is 2.32. The summed E-state index contributed by atoms with van der Waals surface area (Å²) in [4.78, 5) is 21.3. The molecule has 0 saturated carbocycles. The Kier molecular flexibility index (Phi) is 10.9. The predicted octanol–water partition coefficient (Wildman–Crippen LogP) is -0.821. The molecule has 0 rings (SSSR count). The summed E-state index contributed by atoms with van der Waals surface area (Å²) in [5.41, 5.74) is 0. The van der Waals surface area contributed by atoms with E-state index >= 15 is 0 Å². The van der Waals surface area contributed by atoms with E-state index in [-0.39, 0.29) is 12.6 Å². The van der Waals surface area contributed by atoms with Gasteiger partial charge in [-0.2, -0.15) is 0 Å². The molecule has 0 fully saturated rings. The van der Waals surface area contributed by atoms with E-state index in [4.69, 9.17) is 9.84 Å². The third-order valence-electron chi connectivity index (χ3n) is 1.93. The zero-order valence-electron chi connectivity index (χ0n) is 10.6. The molecule has 0 heterocycles. The number of urea groups is 1. The van der Waals surface area contributed by atoms with Gasteiger partial charge in [-0.3, -0.25) is 0 Å². The van der Waals surface area contributed by atoms with E-state index in [0.717, 1.165) is 6.54 Å². The van der Waals surface area contributed by atoms with E-state index in [1.807, 2.05) is 7.05 Å². The standard InChI is InChI=1S/C10H22N4O4/c1-11-4-5-13-9(15)12-3-2-7-18-8-6-14-10(16)17/h11,14H,2-8H2,1H3,(H,16,17)(H2,12,13,15). The summed E-state index contributed by atoms with van der Waals surface area (Å²) in [5, 5.41) is 18.7. The number of carbonyl (C=O) groups is 2. The average molecular weight is 262 g/mol. The third kappa shape index (κ3) is 12.5. The molecular weight excluding hydrogens is 240 g/mol. The highest BCUT2D eigenvalue weighted by Gasteiger charge is 1.97. The molecule has 0 aliphatic carbocycles. The highest BCUT2D eigenvalue weighted by atomic mass is 16.5. The summed E-state index contributed by atoms with van der Waals surface area (Å²) in [6, 6.07) is -0.196. The van der Waals surface area contributed by atoms with Crippen molar-refractivity contribution in [3.05, 3.63) is 0 Å². The smallest absolute Gasteiger partial charge is 0.404 e. The fourth-order valence-electron chi connectivity index (χ4n) is 1.07. The fourth-order valence-corrected chi connectivity index (χ4v) is 1.07. The van der Waals surface area contributed by atoms with E-state index in [1.54, 1.807) is 0 Å². The molecule has 5 N–H and O–H groups in total. The first kappa shape index (κ1) is 16.5. The minimum absolute atomic E-state index is 0.196. The van der Waals surface area contributed by atoms with Crippen LogP contribution in [0.15, 0.2) is 0 Å². The molecule has 8 nitrogen and oxygen atoms in total. The van der Waals surface area contributed by atoms with Crippen molar-refractivity contribution < 1.29 is 19.4 Å². The number of hydrogen-bond donors (Lipinski definition) is 5. The molecule has 0 aliphatic heterocycles. The topological polar surface area (TPSA) is 112 Å². The van der Waals surface area contributed by atoms with E-state index in [0.29, 0.717) is 32.7 Å². The second kappa shape index (κ2) is 11.9. The van der Waals surface area contributed by atoms with Crippen LogP contribution in [0.4, 0.5) is 9.59 Å². The Balaban J connectivity index is 3.15. The van der Waals surface area contributed by atoms with Gasteiger partial charge in [0.15, 0.2) is 0 Å². The molecule has 8 heteroatoms. The van der Waals surface area contributed by atoms with Crippen molar-refractivity contribution in [2.45, 2.75) is 6.42 Å². The van der Waals surface area contributed by atoms with Crippen LogP contribution in [-0.2, 0) is 4.74 Å². The lowest BCUT2D eigenvalue weighted by Crippen LogP contribution is -2.39. The zero-order valence-corrected chi connectivity index (χ0v) is 10.6. The molecule has 0 atom stereocenters. The minimum atomic E-state index is -1.06. The van der Waals surface area contributed by atoms with Crippen LogP contribution in [-0.4, -0.2) is 63.7 Å². The highest BCUT2D eigenvalue weighted by molar-refractivity contribution is 5.73. The Hall–Kier alpha value is -1.54. The lowest BCUT2D eigenvalue weighted by atomic mass is 10.4. The van der Waals surface area contributed by atoms with Crippen molar-refractivity contribution >= 4 is 12.1 Å². The summed E-state index contributed by atoms with van der Waals surface area (Å²) in [6.45, 7) is 2.93. The molecular formula is C10H22N4O4. The third-order valence-corrected chi connectivity index (χ3v) is 1.93. The van der Waals surface area contributed by atoms with Crippen LogP contribution in [0.3, 0.4) is 0 Å². The molecule has 18 heavy (non-hydrogen) atoms. The number of ether oxygens (including phenoxy) is 1. The van der Waals surface area contributed by atoms with Crippen molar-refractivity contribution in [3.8, 4) is 0 Å². The Morgan fingerprint density at radius 3 is 2.39 bits per heavy atom. The van der Waals surface area contributed by atoms with Crippen molar-refractivity contribution in [2.75, 3.05) is 46.4 Å². The molecule has 0 aromatic rings. The Labute approximate surface area is 106 Å². The van der Waals surface area contributed by atoms with Gasteiger partial charge in [0.25, 0.3) is 0 Å². The second-order valence-corrected chi connectivity index (χ2v) is 3.48. The van der Waals surface area contributed by atoms with Crippen LogP contribution in [0.2, 0.25) is 0 Å². The number of amides is 3. The van der Waals surface area contributed by atoms with Gasteiger partial charge in [0.05, 0.1) is 6.61 Å². The first-order valence-corrected chi connectivity index (χ1v) is 5.87. The molecule has 0 unspecified atom stereocenters. The number of carbonyl (C=O) groups excluding carboxylic acids is 1. The van der Waals surface area contributed by atoms with Gasteiger partial charge < -0.3 is 31.1 Å².